The minimum atomic E-state index is -0.640. The Morgan fingerprint density at radius 2 is 1.48 bits per heavy atom. The van der Waals surface area contributed by atoms with E-state index in [-0.39, 0.29) is 11.3 Å². The van der Waals surface area contributed by atoms with Crippen molar-refractivity contribution in [1.29, 1.82) is 0 Å². The van der Waals surface area contributed by atoms with Crippen molar-refractivity contribution in [2.75, 3.05) is 0 Å². The van der Waals surface area contributed by atoms with E-state index in [2.05, 4.69) is 4.98 Å². The number of aromatic amines is 1. The van der Waals surface area contributed by atoms with Crippen molar-refractivity contribution in [3.05, 3.63) is 59.9 Å². The summed E-state index contributed by atoms with van der Waals surface area (Å²) in [5.74, 6) is -1.60. The Morgan fingerprint density at radius 3 is 2.04 bits per heavy atom. The van der Waals surface area contributed by atoms with Crippen molar-refractivity contribution in [3.63, 3.8) is 0 Å². The van der Waals surface area contributed by atoms with Crippen LogP contribution in [0.3, 0.4) is 0 Å². The molecule has 0 unspecified atom stereocenters. The molecule has 5 heteroatoms. The van der Waals surface area contributed by atoms with Crippen molar-refractivity contribution in [2.24, 2.45) is 5.73 Å². The second kappa shape index (κ2) is 10.2. The Hall–Kier alpha value is -2.27. The molecule has 1 aromatic heterocycles. The predicted molar refractivity (Wildman–Crippen MR) is 106 cm³/mol. The fourth-order valence-electron chi connectivity index (χ4n) is 3.08. The summed E-state index contributed by atoms with van der Waals surface area (Å²) in [6, 6.07) is 10.0. The van der Waals surface area contributed by atoms with Gasteiger partial charge in [0.15, 0.2) is 0 Å². The maximum atomic E-state index is 13.5. The minimum absolute atomic E-state index is 0.246. The summed E-state index contributed by atoms with van der Waals surface area (Å²) in [6.07, 6.45) is 6.66. The number of fused-ring (bicyclic) bond motifs is 1. The number of H-pyrrole nitrogens is 1. The first-order valence-electron chi connectivity index (χ1n) is 9.52. The van der Waals surface area contributed by atoms with E-state index in [1.165, 1.54) is 50.3 Å². The van der Waals surface area contributed by atoms with Crippen LogP contribution in [0.2, 0.25) is 0 Å². The average molecular weight is 376 g/mol. The molecule has 2 nitrogen and oxygen atoms in total. The highest BCUT2D eigenvalue weighted by Gasteiger charge is 2.09. The number of rotatable bonds is 1. The summed E-state index contributed by atoms with van der Waals surface area (Å²) < 4.78 is 39.4. The topological polar surface area (TPSA) is 41.8 Å². The van der Waals surface area contributed by atoms with Gasteiger partial charge in [-0.15, -0.1) is 0 Å². The predicted octanol–water partition coefficient (Wildman–Crippen LogP) is 6.56. The van der Waals surface area contributed by atoms with Crippen LogP contribution in [-0.2, 0) is 0 Å². The number of nitrogens with one attached hydrogen (secondary N) is 1. The average Bonchev–Trinajstić information content (AvgIpc) is 3.09. The summed E-state index contributed by atoms with van der Waals surface area (Å²) in [7, 11) is 0. The molecule has 0 atom stereocenters. The van der Waals surface area contributed by atoms with Crippen LogP contribution < -0.4 is 5.73 Å². The van der Waals surface area contributed by atoms with Gasteiger partial charge in [0, 0.05) is 23.2 Å². The monoisotopic (exact) mass is 376 g/mol. The van der Waals surface area contributed by atoms with Gasteiger partial charge in [-0.2, -0.15) is 0 Å². The third-order valence-electron chi connectivity index (χ3n) is 4.45. The molecule has 3 aromatic rings. The molecule has 0 spiro atoms. The van der Waals surface area contributed by atoms with Gasteiger partial charge in [-0.25, -0.2) is 13.2 Å². The van der Waals surface area contributed by atoms with Crippen LogP contribution in [0.4, 0.5) is 13.2 Å². The maximum absolute atomic E-state index is 13.5. The van der Waals surface area contributed by atoms with Gasteiger partial charge in [-0.3, -0.25) is 0 Å². The molecule has 0 radical (unpaired) electrons. The molecule has 1 fully saturated rings. The molecule has 2 aromatic carbocycles. The Bertz CT molecular complexity index is 835. The van der Waals surface area contributed by atoms with E-state index in [4.69, 9.17) is 5.73 Å². The zero-order valence-electron chi connectivity index (χ0n) is 15.9. The van der Waals surface area contributed by atoms with Crippen molar-refractivity contribution >= 4 is 10.9 Å². The fourth-order valence-corrected chi connectivity index (χ4v) is 3.08. The molecule has 1 heterocycles. The molecule has 0 saturated heterocycles. The number of halogens is 3. The molecule has 1 saturated carbocycles. The maximum Gasteiger partial charge on any atom is 0.150 e. The zero-order chi connectivity index (χ0) is 19.8. The van der Waals surface area contributed by atoms with Gasteiger partial charge in [0.25, 0.3) is 0 Å². The fraction of sp³-hybridized carbons (Fsp3) is 0.364. The van der Waals surface area contributed by atoms with E-state index in [9.17, 15) is 13.2 Å². The molecule has 3 N–H and O–H groups in total. The van der Waals surface area contributed by atoms with Crippen LogP contribution in [0.5, 0.6) is 0 Å². The third-order valence-corrected chi connectivity index (χ3v) is 4.45. The highest BCUT2D eigenvalue weighted by Crippen LogP contribution is 2.26. The van der Waals surface area contributed by atoms with Crippen LogP contribution in [0.25, 0.3) is 22.2 Å². The molecule has 27 heavy (non-hydrogen) atoms. The molecule has 4 rings (SSSR count). The summed E-state index contributed by atoms with van der Waals surface area (Å²) >= 11 is 0. The minimum Gasteiger partial charge on any atom is -0.352 e. The standard InChI is InChI=1S/C14H8F3N.C6H13N.C2H6/c15-10-3-1-8(2-4-10)13-6-9-5-11(16)7-12(17)14(9)18-13;7-6-4-2-1-3-5-6;1-2/h1-7,18H;6H,1-5,7H2;1-2H3. The molecule has 0 amide bonds. The van der Waals surface area contributed by atoms with Crippen LogP contribution in [0, 0.1) is 17.5 Å². The first kappa shape index (κ1) is 21.0. The highest BCUT2D eigenvalue weighted by molar-refractivity contribution is 5.86. The van der Waals surface area contributed by atoms with E-state index < -0.39 is 11.6 Å². The third kappa shape index (κ3) is 5.86. The van der Waals surface area contributed by atoms with Crippen molar-refractivity contribution in [3.8, 4) is 11.3 Å². The van der Waals surface area contributed by atoms with Crippen molar-refractivity contribution < 1.29 is 13.2 Å². The number of hydrogen-bond acceptors (Lipinski definition) is 1. The summed E-state index contributed by atoms with van der Waals surface area (Å²) in [5, 5.41) is 0.451. The highest BCUT2D eigenvalue weighted by atomic mass is 19.1. The van der Waals surface area contributed by atoms with Crippen molar-refractivity contribution in [1.82, 2.24) is 4.98 Å². The second-order valence-electron chi connectivity index (χ2n) is 6.44. The molecule has 0 aliphatic heterocycles. The summed E-state index contributed by atoms with van der Waals surface area (Å²) in [5.41, 5.74) is 7.22. The second-order valence-corrected chi connectivity index (χ2v) is 6.44. The molecule has 1 aliphatic carbocycles. The molecule has 1 aliphatic rings. The molecule has 0 bridgehead atoms. The Morgan fingerprint density at radius 1 is 0.852 bits per heavy atom. The Labute approximate surface area is 158 Å². The van der Waals surface area contributed by atoms with Crippen LogP contribution in [-0.4, -0.2) is 11.0 Å². The summed E-state index contributed by atoms with van der Waals surface area (Å²) in [6.45, 7) is 4.00. The Balaban J connectivity index is 0.000000244. The lowest BCUT2D eigenvalue weighted by Crippen LogP contribution is -2.22. The van der Waals surface area contributed by atoms with E-state index in [1.807, 2.05) is 13.8 Å². The normalized spacial score (nSPS) is 14.1. The quantitative estimate of drug-likeness (QED) is 0.496. The van der Waals surface area contributed by atoms with E-state index >= 15 is 0 Å². The lowest BCUT2D eigenvalue weighted by atomic mass is 9.97. The van der Waals surface area contributed by atoms with E-state index in [0.29, 0.717) is 22.7 Å². The molecule has 146 valence electrons. The van der Waals surface area contributed by atoms with Gasteiger partial charge in [-0.1, -0.05) is 33.1 Å². The largest absolute Gasteiger partial charge is 0.352 e. The zero-order valence-corrected chi connectivity index (χ0v) is 15.9. The molecular weight excluding hydrogens is 349 g/mol. The van der Waals surface area contributed by atoms with Gasteiger partial charge < -0.3 is 10.7 Å². The van der Waals surface area contributed by atoms with E-state index in [1.54, 1.807) is 18.2 Å². The van der Waals surface area contributed by atoms with Gasteiger partial charge in [0.2, 0.25) is 0 Å². The summed E-state index contributed by atoms with van der Waals surface area (Å²) in [4.78, 5) is 2.86. The lowest BCUT2D eigenvalue weighted by molar-refractivity contribution is 0.441. The number of hydrogen-bond donors (Lipinski definition) is 2. The Kier molecular flexibility index (Phi) is 7.92. The van der Waals surface area contributed by atoms with Crippen LogP contribution in [0.15, 0.2) is 42.5 Å². The smallest absolute Gasteiger partial charge is 0.150 e. The van der Waals surface area contributed by atoms with Gasteiger partial charge in [0.1, 0.15) is 17.5 Å². The van der Waals surface area contributed by atoms with Crippen LogP contribution >= 0.6 is 0 Å². The van der Waals surface area contributed by atoms with E-state index in [0.717, 1.165) is 6.07 Å². The molecular formula is C22H27F3N2. The lowest BCUT2D eigenvalue weighted by Gasteiger charge is -2.15. The van der Waals surface area contributed by atoms with Crippen LogP contribution in [0.1, 0.15) is 46.0 Å². The first-order chi connectivity index (χ1) is 13.0. The van der Waals surface area contributed by atoms with Gasteiger partial charge in [0.05, 0.1) is 5.52 Å². The number of aromatic nitrogens is 1. The van der Waals surface area contributed by atoms with Crippen molar-refractivity contribution in [2.45, 2.75) is 52.0 Å². The van der Waals surface area contributed by atoms with Gasteiger partial charge >= 0.3 is 0 Å². The number of nitrogens with two attached hydrogens (primary N) is 1. The first-order valence-corrected chi connectivity index (χ1v) is 9.52. The van der Waals surface area contributed by atoms with Gasteiger partial charge in [-0.05, 0) is 54.8 Å². The number of benzene rings is 2. The SMILES string of the molecule is CC.Fc1ccc(-c2cc3cc(F)cc(F)c3[nH]2)cc1.NC1CCCCC1.